The van der Waals surface area contributed by atoms with Gasteiger partial charge in [-0.25, -0.2) is 4.79 Å². The van der Waals surface area contributed by atoms with E-state index < -0.39 is 35.4 Å². The molecule has 2 aromatic carbocycles. The van der Waals surface area contributed by atoms with Gasteiger partial charge < -0.3 is 14.6 Å². The number of aryl methyl sites for hydroxylation is 1. The van der Waals surface area contributed by atoms with Crippen LogP contribution in [0.4, 0.5) is 0 Å². The van der Waals surface area contributed by atoms with Gasteiger partial charge in [0.1, 0.15) is 5.92 Å². The first-order valence-corrected chi connectivity index (χ1v) is 12.0. The second-order valence-electron chi connectivity index (χ2n) is 8.97. The number of ether oxygens (including phenoxy) is 1. The van der Waals surface area contributed by atoms with Gasteiger partial charge in [-0.1, -0.05) is 30.3 Å². The van der Waals surface area contributed by atoms with E-state index in [-0.39, 0.29) is 5.56 Å². The van der Waals surface area contributed by atoms with Crippen molar-refractivity contribution >= 4 is 34.3 Å². The van der Waals surface area contributed by atoms with Gasteiger partial charge in [-0.2, -0.15) is 0 Å². The van der Waals surface area contributed by atoms with Gasteiger partial charge in [-0.05, 0) is 54.3 Å². The van der Waals surface area contributed by atoms with Gasteiger partial charge in [-0.15, -0.1) is 0 Å². The van der Waals surface area contributed by atoms with Crippen molar-refractivity contribution in [2.75, 3.05) is 13.7 Å². The van der Waals surface area contributed by atoms with E-state index in [4.69, 9.17) is 4.74 Å². The van der Waals surface area contributed by atoms with E-state index in [2.05, 4.69) is 9.97 Å². The Morgan fingerprint density at radius 3 is 2.51 bits per heavy atom. The third-order valence-corrected chi connectivity index (χ3v) is 6.83. The Labute approximate surface area is 213 Å². The topological polar surface area (TPSA) is 109 Å². The van der Waals surface area contributed by atoms with Crippen LogP contribution in [0.2, 0.25) is 0 Å². The molecule has 186 valence electrons. The summed E-state index contributed by atoms with van der Waals surface area (Å²) in [7, 11) is 1.29. The molecule has 5 rings (SSSR count). The van der Waals surface area contributed by atoms with E-state index in [9.17, 15) is 19.2 Å². The molecule has 2 aromatic heterocycles. The Kier molecular flexibility index (Phi) is 6.64. The molecule has 0 spiro atoms. The molecular formula is C29H25N3O5. The molecule has 1 aliphatic rings. The van der Waals surface area contributed by atoms with Gasteiger partial charge in [0.25, 0.3) is 5.91 Å². The van der Waals surface area contributed by atoms with Crippen molar-refractivity contribution in [3.05, 3.63) is 102 Å². The molecule has 3 heterocycles. The molecule has 8 nitrogen and oxygen atoms in total. The minimum absolute atomic E-state index is 0.269. The van der Waals surface area contributed by atoms with Crippen LogP contribution in [0.5, 0.6) is 0 Å². The number of carbonyl (C=O) groups is 4. The van der Waals surface area contributed by atoms with Gasteiger partial charge in [-0.3, -0.25) is 19.4 Å². The first-order valence-electron chi connectivity index (χ1n) is 12.0. The van der Waals surface area contributed by atoms with Crippen LogP contribution in [0.1, 0.15) is 44.3 Å². The van der Waals surface area contributed by atoms with Crippen LogP contribution in [0.3, 0.4) is 0 Å². The van der Waals surface area contributed by atoms with E-state index in [0.29, 0.717) is 30.5 Å². The van der Waals surface area contributed by atoms with Crippen LogP contribution in [-0.4, -0.2) is 52.0 Å². The maximum atomic E-state index is 13.4. The third kappa shape index (κ3) is 4.53. The fourth-order valence-electron chi connectivity index (χ4n) is 5.00. The number of amides is 1. The summed E-state index contributed by atoms with van der Waals surface area (Å²) in [5.74, 6) is -3.56. The number of H-pyrrole nitrogens is 1. The zero-order valence-electron chi connectivity index (χ0n) is 20.2. The Balaban J connectivity index is 1.44. The second-order valence-corrected chi connectivity index (χ2v) is 8.97. The molecule has 4 aromatic rings. The lowest BCUT2D eigenvalue weighted by atomic mass is 9.86. The number of Topliss-reactive ketones (excluding diaryl/α,β-unsaturated/α-hetero) is 2. The number of aromatic amines is 1. The largest absolute Gasteiger partial charge is 0.465 e. The number of carbonyl (C=O) groups excluding carboxylic acids is 4. The monoisotopic (exact) mass is 495 g/mol. The average Bonchev–Trinajstić information content (AvgIpc) is 3.47. The molecule has 0 bridgehead atoms. The average molecular weight is 496 g/mol. The molecule has 37 heavy (non-hydrogen) atoms. The number of para-hydroxylation sites is 1. The summed E-state index contributed by atoms with van der Waals surface area (Å²) >= 11 is 0. The summed E-state index contributed by atoms with van der Waals surface area (Å²) in [5.41, 5.74) is 3.36. The third-order valence-electron chi connectivity index (χ3n) is 6.83. The molecule has 1 fully saturated rings. The van der Waals surface area contributed by atoms with Gasteiger partial charge in [0, 0.05) is 41.6 Å². The number of rotatable bonds is 8. The number of ketones is 2. The molecule has 8 heteroatoms. The zero-order valence-corrected chi connectivity index (χ0v) is 20.2. The SMILES string of the molecule is COC(=O)c1ccc(C2C(C(=O)c3cccnc3)C(=O)C(=O)N2CCCc2c[nH]c3ccccc23)cc1. The lowest BCUT2D eigenvalue weighted by molar-refractivity contribution is -0.140. The number of benzene rings is 2. The number of nitrogens with one attached hydrogen (secondary N) is 1. The molecule has 2 atom stereocenters. The van der Waals surface area contributed by atoms with Crippen LogP contribution in [-0.2, 0) is 20.7 Å². The van der Waals surface area contributed by atoms with Crippen molar-refractivity contribution in [2.24, 2.45) is 5.92 Å². The Morgan fingerprint density at radius 1 is 1.00 bits per heavy atom. The fraction of sp³-hybridized carbons (Fsp3) is 0.207. The Hall–Kier alpha value is -4.59. The number of hydrogen-bond donors (Lipinski definition) is 1. The predicted octanol–water partition coefficient (Wildman–Crippen LogP) is 3.93. The number of likely N-dealkylation sites (tertiary alicyclic amines) is 1. The second kappa shape index (κ2) is 10.2. The minimum Gasteiger partial charge on any atom is -0.465 e. The number of aromatic nitrogens is 2. The predicted molar refractivity (Wildman–Crippen MR) is 136 cm³/mol. The molecule has 0 saturated carbocycles. The normalized spacial score (nSPS) is 17.4. The summed E-state index contributed by atoms with van der Waals surface area (Å²) in [4.78, 5) is 60.5. The van der Waals surface area contributed by atoms with Crippen LogP contribution < -0.4 is 0 Å². The number of hydrogen-bond acceptors (Lipinski definition) is 6. The molecule has 1 aliphatic heterocycles. The van der Waals surface area contributed by atoms with Gasteiger partial charge >= 0.3 is 5.97 Å². The first kappa shape index (κ1) is 24.1. The summed E-state index contributed by atoms with van der Waals surface area (Å²) in [6, 6.07) is 16.9. The number of fused-ring (bicyclic) bond motifs is 1. The number of methoxy groups -OCH3 is 1. The molecular weight excluding hydrogens is 470 g/mol. The van der Waals surface area contributed by atoms with Gasteiger partial charge in [0.15, 0.2) is 5.78 Å². The molecule has 1 saturated heterocycles. The van der Waals surface area contributed by atoms with Crippen LogP contribution in [0.25, 0.3) is 10.9 Å². The number of esters is 1. The highest BCUT2D eigenvalue weighted by Gasteiger charge is 2.51. The highest BCUT2D eigenvalue weighted by molar-refractivity contribution is 6.44. The van der Waals surface area contributed by atoms with Crippen LogP contribution in [0.15, 0.2) is 79.3 Å². The van der Waals surface area contributed by atoms with Crippen LogP contribution >= 0.6 is 0 Å². The van der Waals surface area contributed by atoms with Crippen molar-refractivity contribution in [1.82, 2.24) is 14.9 Å². The van der Waals surface area contributed by atoms with E-state index in [0.717, 1.165) is 16.5 Å². The van der Waals surface area contributed by atoms with Crippen molar-refractivity contribution < 1.29 is 23.9 Å². The van der Waals surface area contributed by atoms with E-state index in [1.807, 2.05) is 30.5 Å². The highest BCUT2D eigenvalue weighted by Crippen LogP contribution is 2.38. The maximum absolute atomic E-state index is 13.4. The minimum atomic E-state index is -1.20. The van der Waals surface area contributed by atoms with Crippen LogP contribution in [0, 0.1) is 5.92 Å². The maximum Gasteiger partial charge on any atom is 0.337 e. The summed E-state index contributed by atoms with van der Waals surface area (Å²) in [6.07, 6.45) is 6.19. The van der Waals surface area contributed by atoms with Crippen molar-refractivity contribution in [2.45, 2.75) is 18.9 Å². The molecule has 0 aliphatic carbocycles. The summed E-state index contributed by atoms with van der Waals surface area (Å²) in [5, 5.41) is 1.12. The summed E-state index contributed by atoms with van der Waals surface area (Å²) in [6.45, 7) is 0.296. The molecule has 0 radical (unpaired) electrons. The lowest BCUT2D eigenvalue weighted by Gasteiger charge is -2.27. The lowest BCUT2D eigenvalue weighted by Crippen LogP contribution is -2.32. The van der Waals surface area contributed by atoms with E-state index in [1.54, 1.807) is 42.6 Å². The van der Waals surface area contributed by atoms with Gasteiger partial charge in [0.2, 0.25) is 5.78 Å². The molecule has 1 amide bonds. The molecule has 1 N–H and O–H groups in total. The van der Waals surface area contributed by atoms with Crippen molar-refractivity contribution in [3.63, 3.8) is 0 Å². The van der Waals surface area contributed by atoms with Gasteiger partial charge in [0.05, 0.1) is 18.7 Å². The Bertz CT molecular complexity index is 1480. The van der Waals surface area contributed by atoms with Crippen molar-refractivity contribution in [1.29, 1.82) is 0 Å². The zero-order chi connectivity index (χ0) is 25.9. The number of nitrogens with zero attached hydrogens (tertiary/aromatic N) is 2. The standard InChI is InChI=1S/C29H25N3O5/c1-37-29(36)19-12-10-18(11-13-19)25-24(26(33)21-6-4-14-30-16-21)27(34)28(35)32(25)15-5-7-20-17-31-23-9-3-2-8-22(20)23/h2-4,6,8-14,16-17,24-25,31H,5,7,15H2,1H3. The molecule has 2 unspecified atom stereocenters. The highest BCUT2D eigenvalue weighted by atomic mass is 16.5. The first-order chi connectivity index (χ1) is 18.0. The summed E-state index contributed by atoms with van der Waals surface area (Å²) < 4.78 is 4.77. The number of pyridine rings is 1. The quantitative estimate of drug-likeness (QED) is 0.172. The Morgan fingerprint density at radius 2 is 1.78 bits per heavy atom. The van der Waals surface area contributed by atoms with E-state index >= 15 is 0 Å². The van der Waals surface area contributed by atoms with E-state index in [1.165, 1.54) is 18.2 Å². The fourth-order valence-corrected chi connectivity index (χ4v) is 5.00. The van der Waals surface area contributed by atoms with Crippen molar-refractivity contribution in [3.8, 4) is 0 Å². The smallest absolute Gasteiger partial charge is 0.337 e.